The second-order valence-electron chi connectivity index (χ2n) is 5.23. The van der Waals surface area contributed by atoms with Crippen LogP contribution in [0.25, 0.3) is 0 Å². The zero-order valence-corrected chi connectivity index (χ0v) is 15.7. The number of benzene rings is 2. The lowest BCUT2D eigenvalue weighted by atomic mass is 10.3. The van der Waals surface area contributed by atoms with Gasteiger partial charge in [0.15, 0.2) is 5.13 Å². The van der Waals surface area contributed by atoms with E-state index in [9.17, 15) is 8.42 Å². The molecule has 0 N–H and O–H groups in total. The summed E-state index contributed by atoms with van der Waals surface area (Å²) < 4.78 is 38.0. The van der Waals surface area contributed by atoms with E-state index in [0.717, 1.165) is 5.75 Å². The summed E-state index contributed by atoms with van der Waals surface area (Å²) in [5.41, 5.74) is 0. The van der Waals surface area contributed by atoms with Gasteiger partial charge in [-0.25, -0.2) is 17.7 Å². The summed E-state index contributed by atoms with van der Waals surface area (Å²) in [7, 11) is -2.11. The Hall–Kier alpha value is -2.58. The topological polar surface area (TPSA) is 68.7 Å². The molecule has 0 atom stereocenters. The molecule has 0 amide bonds. The van der Waals surface area contributed by atoms with Crippen molar-refractivity contribution in [1.82, 2.24) is 4.98 Å². The average Bonchev–Trinajstić information content (AvgIpc) is 3.20. The molecule has 2 aromatic carbocycles. The van der Waals surface area contributed by atoms with Crippen molar-refractivity contribution < 1.29 is 17.9 Å². The molecule has 0 aliphatic rings. The molecule has 136 valence electrons. The van der Waals surface area contributed by atoms with Gasteiger partial charge in [0.1, 0.15) is 18.1 Å². The normalized spacial score (nSPS) is 11.1. The van der Waals surface area contributed by atoms with Crippen molar-refractivity contribution in [1.29, 1.82) is 0 Å². The first-order valence-electron chi connectivity index (χ1n) is 7.85. The molecule has 0 bridgehead atoms. The highest BCUT2D eigenvalue weighted by molar-refractivity contribution is 7.93. The van der Waals surface area contributed by atoms with Gasteiger partial charge >= 0.3 is 0 Å². The molecule has 0 unspecified atom stereocenters. The lowest BCUT2D eigenvalue weighted by Gasteiger charge is -2.21. The lowest BCUT2D eigenvalue weighted by Crippen LogP contribution is -2.34. The standard InChI is InChI=1S/C18H18N2O4S2/c1-23-15-7-9-16(10-8-15)24-13-12-20(18-19-11-14-25-18)26(21,22)17-5-3-2-4-6-17/h2-11,14H,12-13H2,1H3. The number of sulfonamides is 1. The van der Waals surface area contributed by atoms with E-state index >= 15 is 0 Å². The number of hydrogen-bond donors (Lipinski definition) is 0. The minimum atomic E-state index is -3.71. The highest BCUT2D eigenvalue weighted by atomic mass is 32.2. The summed E-state index contributed by atoms with van der Waals surface area (Å²) in [4.78, 5) is 4.37. The highest BCUT2D eigenvalue weighted by Gasteiger charge is 2.26. The molecule has 26 heavy (non-hydrogen) atoms. The maximum Gasteiger partial charge on any atom is 0.266 e. The molecule has 3 rings (SSSR count). The van der Waals surface area contributed by atoms with Gasteiger partial charge in [0.05, 0.1) is 18.6 Å². The van der Waals surface area contributed by atoms with Crippen molar-refractivity contribution in [2.75, 3.05) is 24.6 Å². The number of ether oxygens (including phenoxy) is 2. The van der Waals surface area contributed by atoms with Crippen LogP contribution in [0, 0.1) is 0 Å². The van der Waals surface area contributed by atoms with Crippen LogP contribution in [-0.2, 0) is 10.0 Å². The zero-order chi connectivity index (χ0) is 18.4. The predicted molar refractivity (Wildman–Crippen MR) is 102 cm³/mol. The van der Waals surface area contributed by atoms with Crippen molar-refractivity contribution >= 4 is 26.5 Å². The summed E-state index contributed by atoms with van der Waals surface area (Å²) in [5.74, 6) is 1.37. The molecule has 8 heteroatoms. The first kappa shape index (κ1) is 18.2. The third kappa shape index (κ3) is 4.14. The van der Waals surface area contributed by atoms with E-state index in [1.54, 1.807) is 73.3 Å². The second kappa shape index (κ2) is 8.20. The van der Waals surface area contributed by atoms with E-state index in [0.29, 0.717) is 10.9 Å². The number of hydrogen-bond acceptors (Lipinski definition) is 6. The molecule has 0 fully saturated rings. The van der Waals surface area contributed by atoms with Crippen LogP contribution in [0.15, 0.2) is 71.1 Å². The fourth-order valence-electron chi connectivity index (χ4n) is 2.30. The Labute approximate surface area is 156 Å². The van der Waals surface area contributed by atoms with Crippen LogP contribution in [0.3, 0.4) is 0 Å². The molecule has 1 aromatic heterocycles. The molecule has 0 spiro atoms. The van der Waals surface area contributed by atoms with Gasteiger partial charge in [0.25, 0.3) is 10.0 Å². The number of rotatable bonds is 8. The first-order chi connectivity index (χ1) is 12.6. The summed E-state index contributed by atoms with van der Waals surface area (Å²) in [6.07, 6.45) is 1.58. The van der Waals surface area contributed by atoms with Crippen molar-refractivity contribution in [3.05, 3.63) is 66.2 Å². The van der Waals surface area contributed by atoms with E-state index in [1.165, 1.54) is 15.6 Å². The molecule has 0 radical (unpaired) electrons. The minimum Gasteiger partial charge on any atom is -0.497 e. The second-order valence-corrected chi connectivity index (χ2v) is 7.96. The number of thiazole rings is 1. The summed E-state index contributed by atoms with van der Waals surface area (Å²) in [6.45, 7) is 0.342. The number of methoxy groups -OCH3 is 1. The fourth-order valence-corrected chi connectivity index (χ4v) is 4.62. The van der Waals surface area contributed by atoms with Gasteiger partial charge in [-0.05, 0) is 36.4 Å². The van der Waals surface area contributed by atoms with Crippen LogP contribution in [0.1, 0.15) is 0 Å². The Balaban J connectivity index is 1.75. The molecule has 0 aliphatic heterocycles. The van der Waals surface area contributed by atoms with Crippen LogP contribution < -0.4 is 13.8 Å². The maximum atomic E-state index is 13.0. The Morgan fingerprint density at radius 1 is 1.04 bits per heavy atom. The van der Waals surface area contributed by atoms with Crippen molar-refractivity contribution in [3.63, 3.8) is 0 Å². The van der Waals surface area contributed by atoms with Crippen molar-refractivity contribution in [2.45, 2.75) is 4.90 Å². The van der Waals surface area contributed by atoms with Gasteiger partial charge in [0.2, 0.25) is 0 Å². The van der Waals surface area contributed by atoms with Gasteiger partial charge in [-0.3, -0.25) is 0 Å². The molecule has 6 nitrogen and oxygen atoms in total. The molecular formula is C18H18N2O4S2. The van der Waals surface area contributed by atoms with Crippen LogP contribution in [-0.4, -0.2) is 33.7 Å². The summed E-state index contributed by atoms with van der Waals surface area (Å²) in [5, 5.41) is 2.15. The number of anilines is 1. The van der Waals surface area contributed by atoms with E-state index in [1.807, 2.05) is 0 Å². The third-order valence-electron chi connectivity index (χ3n) is 3.59. The van der Waals surface area contributed by atoms with Crippen molar-refractivity contribution in [2.24, 2.45) is 0 Å². The smallest absolute Gasteiger partial charge is 0.266 e. The third-order valence-corrected chi connectivity index (χ3v) is 6.30. The van der Waals surface area contributed by atoms with Crippen LogP contribution in [0.5, 0.6) is 11.5 Å². The Kier molecular flexibility index (Phi) is 5.75. The van der Waals surface area contributed by atoms with E-state index in [-0.39, 0.29) is 18.0 Å². The van der Waals surface area contributed by atoms with Crippen LogP contribution >= 0.6 is 11.3 Å². The van der Waals surface area contributed by atoms with Crippen LogP contribution in [0.4, 0.5) is 5.13 Å². The lowest BCUT2D eigenvalue weighted by molar-refractivity contribution is 0.327. The predicted octanol–water partition coefficient (Wildman–Crippen LogP) is 3.43. The fraction of sp³-hybridized carbons (Fsp3) is 0.167. The van der Waals surface area contributed by atoms with Crippen LogP contribution in [0.2, 0.25) is 0 Å². The maximum absolute atomic E-state index is 13.0. The Morgan fingerprint density at radius 2 is 1.73 bits per heavy atom. The molecule has 0 saturated carbocycles. The monoisotopic (exact) mass is 390 g/mol. The number of aromatic nitrogens is 1. The van der Waals surface area contributed by atoms with Gasteiger partial charge in [0, 0.05) is 11.6 Å². The first-order valence-corrected chi connectivity index (χ1v) is 10.2. The molecule has 0 saturated heterocycles. The quantitative estimate of drug-likeness (QED) is 0.589. The van der Waals surface area contributed by atoms with E-state index in [4.69, 9.17) is 9.47 Å². The zero-order valence-electron chi connectivity index (χ0n) is 14.1. The molecule has 3 aromatic rings. The molecule has 0 aliphatic carbocycles. The van der Waals surface area contributed by atoms with Gasteiger partial charge in [-0.15, -0.1) is 11.3 Å². The molecule has 1 heterocycles. The molecular weight excluding hydrogens is 372 g/mol. The minimum absolute atomic E-state index is 0.150. The van der Waals surface area contributed by atoms with Gasteiger partial charge in [-0.1, -0.05) is 18.2 Å². The van der Waals surface area contributed by atoms with E-state index in [2.05, 4.69) is 4.98 Å². The SMILES string of the molecule is COc1ccc(OCCN(c2nccs2)S(=O)(=O)c2ccccc2)cc1. The average molecular weight is 390 g/mol. The number of nitrogens with zero attached hydrogens (tertiary/aromatic N) is 2. The summed E-state index contributed by atoms with van der Waals surface area (Å²) in [6, 6.07) is 15.4. The van der Waals surface area contributed by atoms with Gasteiger partial charge in [-0.2, -0.15) is 0 Å². The highest BCUT2D eigenvalue weighted by Crippen LogP contribution is 2.25. The van der Waals surface area contributed by atoms with Gasteiger partial charge < -0.3 is 9.47 Å². The Bertz CT molecular complexity index is 912. The summed E-state index contributed by atoms with van der Waals surface area (Å²) >= 11 is 1.27. The Morgan fingerprint density at radius 3 is 2.35 bits per heavy atom. The van der Waals surface area contributed by atoms with E-state index < -0.39 is 10.0 Å². The van der Waals surface area contributed by atoms with Crippen molar-refractivity contribution in [3.8, 4) is 11.5 Å². The largest absolute Gasteiger partial charge is 0.497 e.